The van der Waals surface area contributed by atoms with E-state index in [-0.39, 0.29) is 11.8 Å². The normalized spacial score (nSPS) is 10.9. The second-order valence-electron chi connectivity index (χ2n) is 7.21. The second-order valence-corrected chi connectivity index (χ2v) is 7.21. The van der Waals surface area contributed by atoms with Crippen molar-refractivity contribution in [3.05, 3.63) is 59.7 Å². The number of hydrogen-bond acceptors (Lipinski definition) is 3. The Morgan fingerprint density at radius 1 is 1.04 bits per heavy atom. The smallest absolute Gasteiger partial charge is 0.251 e. The molecule has 0 radical (unpaired) electrons. The van der Waals surface area contributed by atoms with Crippen molar-refractivity contribution in [1.82, 2.24) is 5.32 Å². The molecule has 0 bridgehead atoms. The summed E-state index contributed by atoms with van der Waals surface area (Å²) in [5.41, 5.74) is 1.73. The topological polar surface area (TPSA) is 67.4 Å². The fourth-order valence-electron chi connectivity index (χ4n) is 2.20. The minimum atomic E-state index is -0.495. The molecular formula is C21H26N2O3. The molecule has 0 atom stereocenters. The van der Waals surface area contributed by atoms with E-state index in [9.17, 15) is 9.59 Å². The average molecular weight is 354 g/mol. The number of anilines is 1. The molecule has 5 nitrogen and oxygen atoms in total. The van der Waals surface area contributed by atoms with Gasteiger partial charge in [-0.3, -0.25) is 9.59 Å². The third kappa shape index (κ3) is 5.92. The number of aryl methyl sites for hydroxylation is 1. The van der Waals surface area contributed by atoms with Crippen LogP contribution in [0.5, 0.6) is 5.75 Å². The first kappa shape index (κ1) is 19.5. The van der Waals surface area contributed by atoms with Crippen LogP contribution < -0.4 is 15.4 Å². The van der Waals surface area contributed by atoms with Crippen molar-refractivity contribution in [2.75, 3.05) is 18.5 Å². The van der Waals surface area contributed by atoms with Crippen LogP contribution >= 0.6 is 0 Å². The number of benzene rings is 2. The summed E-state index contributed by atoms with van der Waals surface area (Å²) >= 11 is 0. The van der Waals surface area contributed by atoms with E-state index in [0.717, 1.165) is 11.3 Å². The Morgan fingerprint density at radius 3 is 2.46 bits per heavy atom. The van der Waals surface area contributed by atoms with Crippen molar-refractivity contribution in [3.63, 3.8) is 0 Å². The van der Waals surface area contributed by atoms with Crippen molar-refractivity contribution in [2.24, 2.45) is 5.41 Å². The van der Waals surface area contributed by atoms with Crippen LogP contribution in [0.1, 0.15) is 36.7 Å². The van der Waals surface area contributed by atoms with Crippen LogP contribution in [0.15, 0.2) is 48.5 Å². The number of hydrogen-bond donors (Lipinski definition) is 2. The minimum Gasteiger partial charge on any atom is -0.492 e. The van der Waals surface area contributed by atoms with Gasteiger partial charge in [0, 0.05) is 16.7 Å². The van der Waals surface area contributed by atoms with Gasteiger partial charge in [0.2, 0.25) is 5.91 Å². The molecule has 0 aliphatic carbocycles. The summed E-state index contributed by atoms with van der Waals surface area (Å²) in [6.45, 7) is 8.30. The number of ether oxygens (including phenoxy) is 1. The molecule has 0 saturated heterocycles. The highest BCUT2D eigenvalue weighted by atomic mass is 16.5. The van der Waals surface area contributed by atoms with Crippen molar-refractivity contribution in [1.29, 1.82) is 0 Å². The Kier molecular flexibility index (Phi) is 6.39. The zero-order chi connectivity index (χ0) is 19.2. The molecule has 5 heteroatoms. The van der Waals surface area contributed by atoms with Gasteiger partial charge in [-0.2, -0.15) is 0 Å². The number of nitrogens with one attached hydrogen (secondary N) is 2. The lowest BCUT2D eigenvalue weighted by Crippen LogP contribution is -2.29. The van der Waals surface area contributed by atoms with Gasteiger partial charge in [0.25, 0.3) is 5.91 Å². The molecule has 0 aliphatic rings. The number of amides is 2. The molecule has 2 amide bonds. The molecule has 0 spiro atoms. The zero-order valence-electron chi connectivity index (χ0n) is 15.8. The summed E-state index contributed by atoms with van der Waals surface area (Å²) in [5.74, 6) is 0.484. The average Bonchev–Trinajstić information content (AvgIpc) is 2.58. The van der Waals surface area contributed by atoms with Gasteiger partial charge in [-0.25, -0.2) is 0 Å². The van der Waals surface area contributed by atoms with Crippen LogP contribution in [0.3, 0.4) is 0 Å². The quantitative estimate of drug-likeness (QED) is 0.776. The van der Waals surface area contributed by atoms with E-state index in [1.807, 2.05) is 52.0 Å². The minimum absolute atomic E-state index is 0.0957. The summed E-state index contributed by atoms with van der Waals surface area (Å²) < 4.78 is 5.62. The van der Waals surface area contributed by atoms with Gasteiger partial charge < -0.3 is 15.4 Å². The van der Waals surface area contributed by atoms with E-state index >= 15 is 0 Å². The lowest BCUT2D eigenvalue weighted by molar-refractivity contribution is -0.123. The van der Waals surface area contributed by atoms with Crippen molar-refractivity contribution in [3.8, 4) is 5.75 Å². The van der Waals surface area contributed by atoms with Crippen LogP contribution in [0.4, 0.5) is 5.69 Å². The third-order valence-electron chi connectivity index (χ3n) is 3.71. The van der Waals surface area contributed by atoms with E-state index < -0.39 is 5.41 Å². The molecule has 0 aliphatic heterocycles. The fourth-order valence-corrected chi connectivity index (χ4v) is 2.20. The highest BCUT2D eigenvalue weighted by molar-refractivity contribution is 5.98. The summed E-state index contributed by atoms with van der Waals surface area (Å²) in [6, 6.07) is 14.7. The Labute approximate surface area is 154 Å². The predicted molar refractivity (Wildman–Crippen MR) is 104 cm³/mol. The van der Waals surface area contributed by atoms with Gasteiger partial charge >= 0.3 is 0 Å². The lowest BCUT2D eigenvalue weighted by Gasteiger charge is -2.18. The van der Waals surface area contributed by atoms with Crippen LogP contribution in [-0.2, 0) is 4.79 Å². The maximum atomic E-state index is 12.3. The van der Waals surface area contributed by atoms with Crippen LogP contribution in [0.2, 0.25) is 0 Å². The zero-order valence-corrected chi connectivity index (χ0v) is 15.8. The van der Waals surface area contributed by atoms with Gasteiger partial charge in [-0.15, -0.1) is 0 Å². The largest absolute Gasteiger partial charge is 0.492 e. The maximum Gasteiger partial charge on any atom is 0.251 e. The van der Waals surface area contributed by atoms with Gasteiger partial charge in [0.1, 0.15) is 12.4 Å². The number of carbonyl (C=O) groups is 2. The van der Waals surface area contributed by atoms with E-state index in [0.29, 0.717) is 24.4 Å². The molecule has 0 saturated carbocycles. The van der Waals surface area contributed by atoms with E-state index in [4.69, 9.17) is 4.74 Å². The van der Waals surface area contributed by atoms with Gasteiger partial charge in [0.05, 0.1) is 6.54 Å². The highest BCUT2D eigenvalue weighted by Gasteiger charge is 2.21. The maximum absolute atomic E-state index is 12.3. The van der Waals surface area contributed by atoms with Gasteiger partial charge in [-0.1, -0.05) is 39.0 Å². The predicted octanol–water partition coefficient (Wildman–Crippen LogP) is 3.79. The third-order valence-corrected chi connectivity index (χ3v) is 3.71. The Bertz CT molecular complexity index is 779. The fraction of sp³-hybridized carbons (Fsp3) is 0.333. The molecule has 0 heterocycles. The molecule has 2 aromatic carbocycles. The van der Waals surface area contributed by atoms with Crippen LogP contribution in [-0.4, -0.2) is 25.0 Å². The monoisotopic (exact) mass is 354 g/mol. The Hall–Kier alpha value is -2.82. The second kappa shape index (κ2) is 8.52. The molecule has 138 valence electrons. The molecule has 0 aromatic heterocycles. The number of rotatable bonds is 6. The van der Waals surface area contributed by atoms with Crippen LogP contribution in [0, 0.1) is 12.3 Å². The molecule has 2 aromatic rings. The standard InChI is InChI=1S/C21H26N2O3/c1-15-7-5-10-18(13-15)26-12-11-22-19(24)16-8-6-9-17(14-16)23-20(25)21(2,3)4/h5-10,13-14H,11-12H2,1-4H3,(H,22,24)(H,23,25). The summed E-state index contributed by atoms with van der Waals surface area (Å²) in [6.07, 6.45) is 0. The lowest BCUT2D eigenvalue weighted by atomic mass is 9.95. The summed E-state index contributed by atoms with van der Waals surface area (Å²) in [5, 5.41) is 5.65. The molecule has 2 rings (SSSR count). The summed E-state index contributed by atoms with van der Waals surface area (Å²) in [4.78, 5) is 24.3. The first-order valence-electron chi connectivity index (χ1n) is 8.65. The van der Waals surface area contributed by atoms with Gasteiger partial charge in [-0.05, 0) is 42.8 Å². The van der Waals surface area contributed by atoms with E-state index in [1.54, 1.807) is 24.3 Å². The molecule has 0 unspecified atom stereocenters. The summed E-state index contributed by atoms with van der Waals surface area (Å²) in [7, 11) is 0. The SMILES string of the molecule is Cc1cccc(OCCNC(=O)c2cccc(NC(=O)C(C)(C)C)c2)c1. The van der Waals surface area contributed by atoms with E-state index in [2.05, 4.69) is 10.6 Å². The van der Waals surface area contributed by atoms with Crippen molar-refractivity contribution < 1.29 is 14.3 Å². The van der Waals surface area contributed by atoms with Crippen LogP contribution in [0.25, 0.3) is 0 Å². The van der Waals surface area contributed by atoms with Crippen molar-refractivity contribution >= 4 is 17.5 Å². The van der Waals surface area contributed by atoms with E-state index in [1.165, 1.54) is 0 Å². The number of carbonyl (C=O) groups excluding carboxylic acids is 2. The molecule has 26 heavy (non-hydrogen) atoms. The Morgan fingerprint density at radius 2 is 1.77 bits per heavy atom. The molecular weight excluding hydrogens is 328 g/mol. The Balaban J connectivity index is 1.85. The first-order valence-corrected chi connectivity index (χ1v) is 8.65. The molecule has 0 fully saturated rings. The van der Waals surface area contributed by atoms with Crippen molar-refractivity contribution in [2.45, 2.75) is 27.7 Å². The molecule has 2 N–H and O–H groups in total. The first-order chi connectivity index (χ1) is 12.3. The van der Waals surface area contributed by atoms with Gasteiger partial charge in [0.15, 0.2) is 0 Å². The highest BCUT2D eigenvalue weighted by Crippen LogP contribution is 2.18.